The molecule has 1 heterocycles. The summed E-state index contributed by atoms with van der Waals surface area (Å²) in [6, 6.07) is 0. The number of hydrogen-bond acceptors (Lipinski definition) is 3. The standard InChI is InChI=1S/C7H13NO3S/c8-7(9)4-6-2-1-3-12(10,11)5-6/h6H,1-5H2,(H2,8,9). The lowest BCUT2D eigenvalue weighted by Gasteiger charge is -2.20. The summed E-state index contributed by atoms with van der Waals surface area (Å²) < 4.78 is 22.2. The van der Waals surface area contributed by atoms with Gasteiger partial charge in [-0.15, -0.1) is 0 Å². The first-order chi connectivity index (χ1) is 5.49. The van der Waals surface area contributed by atoms with Crippen molar-refractivity contribution in [3.8, 4) is 0 Å². The van der Waals surface area contributed by atoms with Crippen molar-refractivity contribution in [1.29, 1.82) is 0 Å². The van der Waals surface area contributed by atoms with Crippen LogP contribution in [-0.4, -0.2) is 25.8 Å². The monoisotopic (exact) mass is 191 g/mol. The Labute approximate surface area is 72.0 Å². The molecule has 0 aromatic heterocycles. The second kappa shape index (κ2) is 3.43. The van der Waals surface area contributed by atoms with E-state index >= 15 is 0 Å². The highest BCUT2D eigenvalue weighted by Crippen LogP contribution is 2.20. The number of nitrogens with two attached hydrogens (primary N) is 1. The van der Waals surface area contributed by atoms with Crippen LogP contribution < -0.4 is 5.73 Å². The Bertz CT molecular complexity index is 270. The number of primary amides is 1. The SMILES string of the molecule is NC(=O)CC1CCCS(=O)(=O)C1. The molecule has 1 rings (SSSR count). The number of carbonyl (C=O) groups excluding carboxylic acids is 1. The number of amides is 1. The molecule has 5 heteroatoms. The molecular formula is C7H13NO3S. The van der Waals surface area contributed by atoms with Crippen molar-refractivity contribution in [3.63, 3.8) is 0 Å². The van der Waals surface area contributed by atoms with Gasteiger partial charge >= 0.3 is 0 Å². The van der Waals surface area contributed by atoms with Gasteiger partial charge in [-0.1, -0.05) is 0 Å². The van der Waals surface area contributed by atoms with E-state index in [4.69, 9.17) is 5.73 Å². The molecule has 0 bridgehead atoms. The fourth-order valence-electron chi connectivity index (χ4n) is 1.56. The first kappa shape index (κ1) is 9.51. The molecule has 1 aliphatic heterocycles. The van der Waals surface area contributed by atoms with Gasteiger partial charge in [0.1, 0.15) is 0 Å². The van der Waals surface area contributed by atoms with E-state index in [2.05, 4.69) is 0 Å². The van der Waals surface area contributed by atoms with Crippen molar-refractivity contribution in [1.82, 2.24) is 0 Å². The van der Waals surface area contributed by atoms with E-state index in [1.807, 2.05) is 0 Å². The van der Waals surface area contributed by atoms with E-state index < -0.39 is 15.7 Å². The summed E-state index contributed by atoms with van der Waals surface area (Å²) in [6.45, 7) is 0. The van der Waals surface area contributed by atoms with Gasteiger partial charge in [0, 0.05) is 6.42 Å². The van der Waals surface area contributed by atoms with E-state index in [-0.39, 0.29) is 23.8 Å². The van der Waals surface area contributed by atoms with E-state index in [1.54, 1.807) is 0 Å². The summed E-state index contributed by atoms with van der Waals surface area (Å²) in [5.41, 5.74) is 4.98. The molecule has 0 aliphatic carbocycles. The summed E-state index contributed by atoms with van der Waals surface area (Å²) in [7, 11) is -2.89. The van der Waals surface area contributed by atoms with Crippen LogP contribution in [0.5, 0.6) is 0 Å². The van der Waals surface area contributed by atoms with Gasteiger partial charge in [-0.2, -0.15) is 0 Å². The third-order valence-electron chi connectivity index (χ3n) is 2.05. The van der Waals surface area contributed by atoms with E-state index in [0.717, 1.165) is 6.42 Å². The molecule has 1 unspecified atom stereocenters. The molecule has 12 heavy (non-hydrogen) atoms. The van der Waals surface area contributed by atoms with Gasteiger partial charge in [0.05, 0.1) is 11.5 Å². The van der Waals surface area contributed by atoms with Crippen LogP contribution in [0.4, 0.5) is 0 Å². The quantitative estimate of drug-likeness (QED) is 0.650. The minimum absolute atomic E-state index is 0.0405. The Kier molecular flexibility index (Phi) is 2.72. The average Bonchev–Trinajstić information content (AvgIpc) is 1.82. The molecule has 0 aromatic carbocycles. The Balaban J connectivity index is 2.53. The third kappa shape index (κ3) is 2.81. The molecule has 0 radical (unpaired) electrons. The van der Waals surface area contributed by atoms with Crippen LogP contribution in [0.3, 0.4) is 0 Å². The predicted molar refractivity (Wildman–Crippen MR) is 45.2 cm³/mol. The van der Waals surface area contributed by atoms with Crippen LogP contribution in [0.15, 0.2) is 0 Å². The first-order valence-electron chi connectivity index (χ1n) is 3.98. The van der Waals surface area contributed by atoms with Gasteiger partial charge in [-0.3, -0.25) is 4.79 Å². The van der Waals surface area contributed by atoms with Gasteiger partial charge in [-0.05, 0) is 18.8 Å². The predicted octanol–water partition coefficient (Wildman–Crippen LogP) is -0.313. The van der Waals surface area contributed by atoms with Crippen molar-refractivity contribution in [2.24, 2.45) is 11.7 Å². The van der Waals surface area contributed by atoms with Crippen molar-refractivity contribution < 1.29 is 13.2 Å². The highest BCUT2D eigenvalue weighted by Gasteiger charge is 2.25. The van der Waals surface area contributed by atoms with Crippen molar-refractivity contribution in [2.75, 3.05) is 11.5 Å². The van der Waals surface area contributed by atoms with Gasteiger partial charge in [0.2, 0.25) is 5.91 Å². The van der Waals surface area contributed by atoms with E-state index in [9.17, 15) is 13.2 Å². The van der Waals surface area contributed by atoms with Crippen LogP contribution in [0, 0.1) is 5.92 Å². The fraction of sp³-hybridized carbons (Fsp3) is 0.857. The van der Waals surface area contributed by atoms with Crippen molar-refractivity contribution >= 4 is 15.7 Å². The fourth-order valence-corrected chi connectivity index (χ4v) is 3.34. The van der Waals surface area contributed by atoms with Crippen molar-refractivity contribution in [2.45, 2.75) is 19.3 Å². The zero-order chi connectivity index (χ0) is 9.19. The second-order valence-corrected chi connectivity index (χ2v) is 5.52. The van der Waals surface area contributed by atoms with Crippen LogP contribution in [0.1, 0.15) is 19.3 Å². The van der Waals surface area contributed by atoms with Gasteiger partial charge in [-0.25, -0.2) is 8.42 Å². The number of rotatable bonds is 2. The van der Waals surface area contributed by atoms with Crippen molar-refractivity contribution in [3.05, 3.63) is 0 Å². The van der Waals surface area contributed by atoms with Crippen LogP contribution in [0.2, 0.25) is 0 Å². The molecule has 70 valence electrons. The Hall–Kier alpha value is -0.580. The van der Waals surface area contributed by atoms with Gasteiger partial charge in [0.25, 0.3) is 0 Å². The first-order valence-corrected chi connectivity index (χ1v) is 5.80. The highest BCUT2D eigenvalue weighted by atomic mass is 32.2. The van der Waals surface area contributed by atoms with E-state index in [0.29, 0.717) is 6.42 Å². The minimum atomic E-state index is -2.89. The lowest BCUT2D eigenvalue weighted by Crippen LogP contribution is -2.28. The normalized spacial score (nSPS) is 28.2. The Morgan fingerprint density at radius 1 is 1.50 bits per heavy atom. The molecule has 4 nitrogen and oxygen atoms in total. The molecule has 0 aromatic rings. The topological polar surface area (TPSA) is 77.2 Å². The maximum atomic E-state index is 11.1. The largest absolute Gasteiger partial charge is 0.370 e. The average molecular weight is 191 g/mol. The summed E-state index contributed by atoms with van der Waals surface area (Å²) in [4.78, 5) is 10.5. The molecule has 1 atom stereocenters. The lowest BCUT2D eigenvalue weighted by molar-refractivity contribution is -0.118. The molecular weight excluding hydrogens is 178 g/mol. The van der Waals surface area contributed by atoms with Crippen LogP contribution >= 0.6 is 0 Å². The number of hydrogen-bond donors (Lipinski definition) is 1. The zero-order valence-corrected chi connectivity index (χ0v) is 7.64. The molecule has 1 aliphatic rings. The lowest BCUT2D eigenvalue weighted by atomic mass is 10.0. The molecule has 1 amide bonds. The van der Waals surface area contributed by atoms with Gasteiger partial charge < -0.3 is 5.73 Å². The second-order valence-electron chi connectivity index (χ2n) is 3.29. The molecule has 1 saturated heterocycles. The molecule has 0 spiro atoms. The minimum Gasteiger partial charge on any atom is -0.370 e. The summed E-state index contributed by atoms with van der Waals surface area (Å²) in [5.74, 6) is -0.0450. The number of sulfone groups is 1. The molecule has 1 fully saturated rings. The van der Waals surface area contributed by atoms with Crippen LogP contribution in [-0.2, 0) is 14.6 Å². The maximum absolute atomic E-state index is 11.1. The van der Waals surface area contributed by atoms with Crippen LogP contribution in [0.25, 0.3) is 0 Å². The highest BCUT2D eigenvalue weighted by molar-refractivity contribution is 7.91. The summed E-state index contributed by atoms with van der Waals surface area (Å²) in [5, 5.41) is 0. The molecule has 2 N–H and O–H groups in total. The smallest absolute Gasteiger partial charge is 0.217 e. The molecule has 0 saturated carbocycles. The Morgan fingerprint density at radius 3 is 2.67 bits per heavy atom. The van der Waals surface area contributed by atoms with Gasteiger partial charge in [0.15, 0.2) is 9.84 Å². The summed E-state index contributed by atoms with van der Waals surface area (Å²) in [6.07, 6.45) is 1.68. The third-order valence-corrected chi connectivity index (χ3v) is 3.94. The van der Waals surface area contributed by atoms with E-state index in [1.165, 1.54) is 0 Å². The number of carbonyl (C=O) groups is 1. The Morgan fingerprint density at radius 2 is 2.17 bits per heavy atom. The maximum Gasteiger partial charge on any atom is 0.217 e. The zero-order valence-electron chi connectivity index (χ0n) is 6.82. The summed E-state index contributed by atoms with van der Waals surface area (Å²) >= 11 is 0.